The Bertz CT molecular complexity index is 888. The Morgan fingerprint density at radius 3 is 2.38 bits per heavy atom. The van der Waals surface area contributed by atoms with Crippen molar-refractivity contribution in [1.82, 2.24) is 4.90 Å². The van der Waals surface area contributed by atoms with E-state index in [2.05, 4.69) is 17.7 Å². The summed E-state index contributed by atoms with van der Waals surface area (Å²) < 4.78 is 64.0. The lowest BCUT2D eigenvalue weighted by molar-refractivity contribution is -0.112. The topological polar surface area (TPSA) is 210 Å². The maximum Gasteiger partial charge on any atom is 0.490 e. The Morgan fingerprint density at radius 1 is 1.21 bits per heavy atom. The number of hydrogen-bond donors (Lipinski definition) is 3. The first-order valence-electron chi connectivity index (χ1n) is 9.69. The van der Waals surface area contributed by atoms with Gasteiger partial charge in [-0.3, -0.25) is 23.3 Å². The van der Waals surface area contributed by atoms with E-state index in [9.17, 15) is 33.1 Å². The molecule has 0 aromatic carbocycles. The molecule has 2 amide bonds. The SMILES string of the molecule is CCCOP(=O)(OC)OP(=O)(O)OP(=O)(O)OC[C@@H]1C[C@H](Cl)[C@H](CN(/C=C\C(C)=O)C(N)=O)O1. The minimum absolute atomic E-state index is 0.103. The Morgan fingerprint density at radius 2 is 1.85 bits per heavy atom. The fourth-order valence-corrected chi connectivity index (χ4v) is 6.74. The molecule has 0 radical (unpaired) electrons. The first-order chi connectivity index (χ1) is 15.6. The minimum atomic E-state index is -5.43. The predicted octanol–water partition coefficient (Wildman–Crippen LogP) is 2.67. The zero-order chi connectivity index (χ0) is 26.2. The molecule has 1 heterocycles. The van der Waals surface area contributed by atoms with Gasteiger partial charge in [-0.1, -0.05) is 6.92 Å². The summed E-state index contributed by atoms with van der Waals surface area (Å²) in [5, 5.41) is -0.671. The quantitative estimate of drug-likeness (QED) is 0.146. The molecule has 0 aliphatic carbocycles. The van der Waals surface area contributed by atoms with Crippen LogP contribution in [0.15, 0.2) is 12.3 Å². The molecule has 3 unspecified atom stereocenters. The summed E-state index contributed by atoms with van der Waals surface area (Å²) in [5.41, 5.74) is 5.25. The summed E-state index contributed by atoms with van der Waals surface area (Å²) in [6.07, 6.45) is 1.09. The maximum absolute atomic E-state index is 12.1. The molecule has 0 aromatic heterocycles. The third-order valence-electron chi connectivity index (χ3n) is 3.92. The monoisotopic (exact) mass is 572 g/mol. The molecule has 1 aliphatic heterocycles. The lowest BCUT2D eigenvalue weighted by Gasteiger charge is -2.22. The number of urea groups is 1. The summed E-state index contributed by atoms with van der Waals surface area (Å²) >= 11 is 6.19. The Hall–Kier alpha value is -0.660. The van der Waals surface area contributed by atoms with E-state index >= 15 is 0 Å². The van der Waals surface area contributed by atoms with Crippen LogP contribution in [0.25, 0.3) is 0 Å². The highest BCUT2D eigenvalue weighted by Gasteiger charge is 2.44. The van der Waals surface area contributed by atoms with Crippen LogP contribution in [0.2, 0.25) is 0 Å². The Labute approximate surface area is 201 Å². The number of ether oxygens (including phenoxy) is 1. The van der Waals surface area contributed by atoms with Crippen molar-refractivity contribution >= 4 is 46.9 Å². The van der Waals surface area contributed by atoms with E-state index in [-0.39, 0.29) is 25.4 Å². The highest BCUT2D eigenvalue weighted by Crippen LogP contribution is 2.69. The number of phosphoric acid groups is 3. The lowest BCUT2D eigenvalue weighted by Crippen LogP contribution is -2.39. The summed E-state index contributed by atoms with van der Waals surface area (Å²) in [6, 6.07) is -0.868. The average Bonchev–Trinajstić information content (AvgIpc) is 3.06. The smallest absolute Gasteiger partial charge is 0.369 e. The molecule has 198 valence electrons. The summed E-state index contributed by atoms with van der Waals surface area (Å²) in [7, 11) is -14.3. The van der Waals surface area contributed by atoms with Crippen molar-refractivity contribution in [2.24, 2.45) is 5.73 Å². The molecule has 0 saturated carbocycles. The van der Waals surface area contributed by atoms with Crippen molar-refractivity contribution in [3.8, 4) is 0 Å². The first-order valence-corrected chi connectivity index (χ1v) is 14.6. The van der Waals surface area contributed by atoms with Crippen LogP contribution in [-0.4, -0.2) is 71.0 Å². The van der Waals surface area contributed by atoms with Gasteiger partial charge in [0.15, 0.2) is 5.78 Å². The molecule has 1 aliphatic rings. The normalized spacial score (nSPS) is 26.0. The number of carbonyl (C=O) groups excluding carboxylic acids is 2. The number of primary amides is 1. The molecule has 1 fully saturated rings. The van der Waals surface area contributed by atoms with Gasteiger partial charge in [-0.15, -0.1) is 11.6 Å². The van der Waals surface area contributed by atoms with Crippen molar-refractivity contribution in [1.29, 1.82) is 0 Å². The number of halogens is 1. The molecule has 15 nitrogen and oxygen atoms in total. The number of carbonyl (C=O) groups is 2. The van der Waals surface area contributed by atoms with Crippen LogP contribution < -0.4 is 5.73 Å². The van der Waals surface area contributed by atoms with Crippen LogP contribution in [0.5, 0.6) is 0 Å². The highest BCUT2D eigenvalue weighted by atomic mass is 35.5. The van der Waals surface area contributed by atoms with Crippen LogP contribution in [0.3, 0.4) is 0 Å². The second-order valence-electron chi connectivity index (χ2n) is 6.82. The van der Waals surface area contributed by atoms with Gasteiger partial charge in [-0.2, -0.15) is 8.62 Å². The molecule has 0 spiro atoms. The number of nitrogens with two attached hydrogens (primary N) is 1. The van der Waals surface area contributed by atoms with Crippen LogP contribution in [-0.2, 0) is 45.4 Å². The van der Waals surface area contributed by atoms with Crippen molar-refractivity contribution in [3.63, 3.8) is 0 Å². The molecule has 6 atom stereocenters. The molecule has 34 heavy (non-hydrogen) atoms. The summed E-state index contributed by atoms with van der Waals surface area (Å²) in [6.45, 7) is 2.04. The van der Waals surface area contributed by atoms with E-state index in [1.54, 1.807) is 6.92 Å². The first kappa shape index (κ1) is 31.4. The van der Waals surface area contributed by atoms with Crippen molar-refractivity contribution in [2.75, 3.05) is 26.9 Å². The van der Waals surface area contributed by atoms with Gasteiger partial charge in [0, 0.05) is 13.3 Å². The Kier molecular flexibility index (Phi) is 12.5. The zero-order valence-electron chi connectivity index (χ0n) is 18.6. The largest absolute Gasteiger partial charge is 0.490 e. The summed E-state index contributed by atoms with van der Waals surface area (Å²) in [4.78, 5) is 43.0. The van der Waals surface area contributed by atoms with Gasteiger partial charge >= 0.3 is 29.5 Å². The maximum atomic E-state index is 12.1. The number of ketones is 1. The molecule has 1 rings (SSSR count). The van der Waals surface area contributed by atoms with Crippen LogP contribution in [0, 0.1) is 0 Å². The van der Waals surface area contributed by atoms with Crippen molar-refractivity contribution < 1.29 is 60.0 Å². The highest BCUT2D eigenvalue weighted by molar-refractivity contribution is 7.67. The van der Waals surface area contributed by atoms with E-state index in [0.29, 0.717) is 6.42 Å². The van der Waals surface area contributed by atoms with Gasteiger partial charge in [0.05, 0.1) is 37.3 Å². The van der Waals surface area contributed by atoms with Gasteiger partial charge in [0.1, 0.15) is 0 Å². The van der Waals surface area contributed by atoms with E-state index in [1.165, 1.54) is 13.1 Å². The van der Waals surface area contributed by atoms with Crippen molar-refractivity contribution in [2.45, 2.75) is 44.3 Å². The minimum Gasteiger partial charge on any atom is -0.369 e. The van der Waals surface area contributed by atoms with E-state index in [0.717, 1.165) is 18.1 Å². The average molecular weight is 573 g/mol. The standard InChI is InChI=1S/C15H28ClN2O13P3/c1-4-7-27-34(25,26-3)31-33(23,24)30-32(21,22)28-10-12-8-13(16)14(29-12)9-18(15(17)20)6-5-11(2)19/h5-6,12-14H,4,7-10H2,1-3H3,(H2,17,20)(H,21,22)(H,23,24)/b6-5-/t12-,13-,14-,34?/m0/s1. The molecular weight excluding hydrogens is 545 g/mol. The van der Waals surface area contributed by atoms with Crippen molar-refractivity contribution in [3.05, 3.63) is 12.3 Å². The Balaban J connectivity index is 2.68. The predicted molar refractivity (Wildman–Crippen MR) is 118 cm³/mol. The summed E-state index contributed by atoms with van der Waals surface area (Å²) in [5.74, 6) is -0.324. The molecule has 0 aromatic rings. The number of hydrogen-bond acceptors (Lipinski definition) is 11. The molecular formula is C15H28ClN2O13P3. The van der Waals surface area contributed by atoms with Crippen LogP contribution in [0.1, 0.15) is 26.7 Å². The second-order valence-corrected chi connectivity index (χ2v) is 12.3. The third kappa shape index (κ3) is 11.4. The number of alkyl halides is 1. The van der Waals surface area contributed by atoms with Gasteiger partial charge in [0.2, 0.25) is 0 Å². The number of amides is 2. The van der Waals surface area contributed by atoms with Gasteiger partial charge < -0.3 is 20.3 Å². The van der Waals surface area contributed by atoms with Gasteiger partial charge in [-0.25, -0.2) is 18.5 Å². The molecule has 4 N–H and O–H groups in total. The van der Waals surface area contributed by atoms with Crippen LogP contribution >= 0.6 is 35.1 Å². The molecule has 0 bridgehead atoms. The van der Waals surface area contributed by atoms with Gasteiger partial charge in [0.25, 0.3) is 0 Å². The number of phosphoric ester groups is 2. The second kappa shape index (κ2) is 13.6. The lowest BCUT2D eigenvalue weighted by atomic mass is 10.2. The third-order valence-corrected chi connectivity index (χ3v) is 9.07. The van der Waals surface area contributed by atoms with E-state index in [1.807, 2.05) is 0 Å². The zero-order valence-corrected chi connectivity index (χ0v) is 22.0. The fraction of sp³-hybridized carbons (Fsp3) is 0.733. The van der Waals surface area contributed by atoms with E-state index in [4.69, 9.17) is 26.6 Å². The molecule has 1 saturated heterocycles. The van der Waals surface area contributed by atoms with E-state index < -0.39 is 53.7 Å². The number of allylic oxidation sites excluding steroid dienone is 1. The van der Waals surface area contributed by atoms with Crippen LogP contribution in [0.4, 0.5) is 4.79 Å². The van der Waals surface area contributed by atoms with Gasteiger partial charge in [-0.05, 0) is 25.8 Å². The number of nitrogens with zero attached hydrogens (tertiary/aromatic N) is 1. The number of rotatable bonds is 15. The fourth-order valence-electron chi connectivity index (χ4n) is 2.45. The molecule has 19 heteroatoms.